The number of ether oxygens (including phenoxy) is 1. The van der Waals surface area contributed by atoms with Gasteiger partial charge in [0.15, 0.2) is 5.16 Å². The largest absolute Gasteiger partial charge is 0.497 e. The normalized spacial score (nSPS) is 13.9. The molecule has 0 saturated heterocycles. The highest BCUT2D eigenvalue weighted by molar-refractivity contribution is 7.99. The van der Waals surface area contributed by atoms with Gasteiger partial charge in [-0.05, 0) is 55.3 Å². The van der Waals surface area contributed by atoms with E-state index in [1.54, 1.807) is 34.8 Å². The summed E-state index contributed by atoms with van der Waals surface area (Å²) in [5.41, 5.74) is 3.32. The van der Waals surface area contributed by atoms with E-state index in [4.69, 9.17) is 9.72 Å². The van der Waals surface area contributed by atoms with Crippen LogP contribution in [0.3, 0.4) is 0 Å². The average molecular weight is 464 g/mol. The molecule has 32 heavy (non-hydrogen) atoms. The molecule has 5 rings (SSSR count). The first-order valence-corrected chi connectivity index (χ1v) is 12.5. The van der Waals surface area contributed by atoms with Gasteiger partial charge < -0.3 is 9.64 Å². The topological polar surface area (TPSA) is 47.4 Å². The molecule has 0 atom stereocenters. The molecule has 164 valence electrons. The highest BCUT2D eigenvalue weighted by Gasteiger charge is 2.24. The summed E-state index contributed by atoms with van der Waals surface area (Å²) in [6.45, 7) is 1.85. The monoisotopic (exact) mass is 463 g/mol. The molecular weight excluding hydrogens is 438 g/mol. The molecule has 2 aromatic heterocycles. The van der Waals surface area contributed by atoms with Gasteiger partial charge in [0.05, 0.1) is 18.2 Å². The van der Waals surface area contributed by atoms with E-state index in [0.29, 0.717) is 0 Å². The number of nitrogens with zero attached hydrogens (tertiary/aromatic N) is 3. The van der Waals surface area contributed by atoms with Crippen LogP contribution in [-0.4, -0.2) is 40.9 Å². The van der Waals surface area contributed by atoms with Gasteiger partial charge in [-0.15, -0.1) is 11.3 Å². The predicted octanol–water partition coefficient (Wildman–Crippen LogP) is 4.78. The number of rotatable bonds is 6. The van der Waals surface area contributed by atoms with E-state index in [2.05, 4.69) is 36.2 Å². The van der Waals surface area contributed by atoms with Crippen molar-refractivity contribution in [2.75, 3.05) is 26.5 Å². The van der Waals surface area contributed by atoms with Gasteiger partial charge in [0.25, 0.3) is 5.56 Å². The highest BCUT2D eigenvalue weighted by Crippen LogP contribution is 2.34. The number of benzene rings is 2. The first-order chi connectivity index (χ1) is 15.6. The summed E-state index contributed by atoms with van der Waals surface area (Å²) in [7, 11) is 3.77. The summed E-state index contributed by atoms with van der Waals surface area (Å²) in [5.74, 6) is 1.62. The smallest absolute Gasteiger partial charge is 0.267 e. The van der Waals surface area contributed by atoms with Crippen molar-refractivity contribution in [1.29, 1.82) is 0 Å². The lowest BCUT2D eigenvalue weighted by molar-refractivity contribution is 0.318. The van der Waals surface area contributed by atoms with Crippen molar-refractivity contribution in [2.45, 2.75) is 24.5 Å². The Morgan fingerprint density at radius 2 is 1.91 bits per heavy atom. The number of likely N-dealkylation sites (N-methyl/N-ethyl adjacent to an activating group) is 1. The Morgan fingerprint density at radius 3 is 2.66 bits per heavy atom. The Hall–Kier alpha value is -2.61. The molecule has 0 amide bonds. The fourth-order valence-electron chi connectivity index (χ4n) is 4.11. The van der Waals surface area contributed by atoms with E-state index < -0.39 is 0 Å². The zero-order valence-corrected chi connectivity index (χ0v) is 19.8. The van der Waals surface area contributed by atoms with Crippen molar-refractivity contribution in [1.82, 2.24) is 14.5 Å². The zero-order chi connectivity index (χ0) is 22.1. The number of hydrogen-bond donors (Lipinski definition) is 0. The van der Waals surface area contributed by atoms with E-state index in [0.717, 1.165) is 58.5 Å². The molecular formula is C25H25N3O2S2. The summed E-state index contributed by atoms with van der Waals surface area (Å²) in [4.78, 5) is 23.3. The van der Waals surface area contributed by atoms with E-state index in [1.165, 1.54) is 16.0 Å². The van der Waals surface area contributed by atoms with Crippen LogP contribution in [0, 0.1) is 0 Å². The zero-order valence-electron chi connectivity index (χ0n) is 18.2. The van der Waals surface area contributed by atoms with Gasteiger partial charge >= 0.3 is 0 Å². The third kappa shape index (κ3) is 4.08. The SMILES string of the molecule is COc1ccc(-n2c(SCCc3ccccc3)nc3sc4c(c3c2=O)CCN(C)C4)cc1. The Labute approximate surface area is 195 Å². The minimum absolute atomic E-state index is 0.0319. The van der Waals surface area contributed by atoms with E-state index in [-0.39, 0.29) is 5.56 Å². The fourth-order valence-corrected chi connectivity index (χ4v) is 6.45. The van der Waals surface area contributed by atoms with Crippen LogP contribution in [0.15, 0.2) is 64.5 Å². The number of thioether (sulfide) groups is 1. The Kier molecular flexibility index (Phi) is 6.04. The highest BCUT2D eigenvalue weighted by atomic mass is 32.2. The summed E-state index contributed by atoms with van der Waals surface area (Å²) >= 11 is 3.31. The molecule has 1 aliphatic heterocycles. The minimum atomic E-state index is 0.0319. The first kappa shape index (κ1) is 21.2. The maximum absolute atomic E-state index is 13.8. The van der Waals surface area contributed by atoms with Crippen molar-refractivity contribution in [3.8, 4) is 11.4 Å². The van der Waals surface area contributed by atoms with Gasteiger partial charge in [0.2, 0.25) is 0 Å². The average Bonchev–Trinajstić information content (AvgIpc) is 3.17. The number of hydrogen-bond acceptors (Lipinski definition) is 6. The summed E-state index contributed by atoms with van der Waals surface area (Å²) in [6, 6.07) is 18.1. The van der Waals surface area contributed by atoms with E-state index in [1.807, 2.05) is 30.3 Å². The lowest BCUT2D eigenvalue weighted by Gasteiger charge is -2.21. The van der Waals surface area contributed by atoms with Gasteiger partial charge in [0.1, 0.15) is 10.6 Å². The molecule has 0 fully saturated rings. The molecule has 7 heteroatoms. The number of thiophene rings is 1. The van der Waals surface area contributed by atoms with Crippen LogP contribution in [0.4, 0.5) is 0 Å². The summed E-state index contributed by atoms with van der Waals surface area (Å²) in [5, 5.41) is 1.54. The summed E-state index contributed by atoms with van der Waals surface area (Å²) < 4.78 is 7.09. The molecule has 5 nitrogen and oxygen atoms in total. The molecule has 2 aromatic carbocycles. The molecule has 0 N–H and O–H groups in total. The van der Waals surface area contributed by atoms with Crippen LogP contribution in [0.1, 0.15) is 16.0 Å². The number of methoxy groups -OCH3 is 1. The first-order valence-electron chi connectivity index (χ1n) is 10.7. The Balaban J connectivity index is 1.58. The van der Waals surface area contributed by atoms with Gasteiger partial charge in [-0.1, -0.05) is 42.1 Å². The van der Waals surface area contributed by atoms with Gasteiger partial charge in [0, 0.05) is 23.7 Å². The van der Waals surface area contributed by atoms with Crippen molar-refractivity contribution in [2.24, 2.45) is 0 Å². The van der Waals surface area contributed by atoms with Crippen LogP contribution < -0.4 is 10.3 Å². The quantitative estimate of drug-likeness (QED) is 0.304. The van der Waals surface area contributed by atoms with Crippen molar-refractivity contribution in [3.63, 3.8) is 0 Å². The van der Waals surface area contributed by atoms with Crippen LogP contribution in [-0.2, 0) is 19.4 Å². The summed E-state index contributed by atoms with van der Waals surface area (Å²) in [6.07, 6.45) is 1.82. The van der Waals surface area contributed by atoms with Crippen molar-refractivity contribution < 1.29 is 4.74 Å². The van der Waals surface area contributed by atoms with Crippen LogP contribution in [0.25, 0.3) is 15.9 Å². The molecule has 1 aliphatic rings. The van der Waals surface area contributed by atoms with E-state index in [9.17, 15) is 4.79 Å². The van der Waals surface area contributed by atoms with Crippen LogP contribution in [0.2, 0.25) is 0 Å². The van der Waals surface area contributed by atoms with Crippen LogP contribution >= 0.6 is 23.1 Å². The third-order valence-electron chi connectivity index (χ3n) is 5.83. The minimum Gasteiger partial charge on any atom is -0.497 e. The fraction of sp³-hybridized carbons (Fsp3) is 0.280. The second kappa shape index (κ2) is 9.10. The molecule has 0 aliphatic carbocycles. The molecule has 4 aromatic rings. The number of fused-ring (bicyclic) bond motifs is 3. The molecule has 0 bridgehead atoms. The lowest BCUT2D eigenvalue weighted by atomic mass is 10.1. The Bertz CT molecular complexity index is 1300. The van der Waals surface area contributed by atoms with E-state index >= 15 is 0 Å². The molecule has 0 unspecified atom stereocenters. The second-order valence-electron chi connectivity index (χ2n) is 7.99. The molecule has 0 saturated carbocycles. The number of aryl methyl sites for hydroxylation is 1. The molecule has 3 heterocycles. The second-order valence-corrected chi connectivity index (χ2v) is 10.1. The van der Waals surface area contributed by atoms with Gasteiger partial charge in [-0.25, -0.2) is 4.98 Å². The lowest BCUT2D eigenvalue weighted by Crippen LogP contribution is -2.27. The Morgan fingerprint density at radius 1 is 1.12 bits per heavy atom. The van der Waals surface area contributed by atoms with Gasteiger partial charge in [-0.3, -0.25) is 9.36 Å². The standard InChI is InChI=1S/C25H25N3O2S2/c1-27-14-12-20-21(16-27)32-23-22(20)24(29)28(18-8-10-19(30-2)11-9-18)25(26-23)31-15-13-17-6-4-3-5-7-17/h3-11H,12-16H2,1-2H3. The predicted molar refractivity (Wildman–Crippen MR) is 133 cm³/mol. The maximum Gasteiger partial charge on any atom is 0.267 e. The van der Waals surface area contributed by atoms with Gasteiger partial charge in [-0.2, -0.15) is 0 Å². The van der Waals surface area contributed by atoms with Crippen molar-refractivity contribution >= 4 is 33.3 Å². The molecule has 0 radical (unpaired) electrons. The maximum atomic E-state index is 13.8. The van der Waals surface area contributed by atoms with Crippen molar-refractivity contribution in [3.05, 3.63) is 81.0 Å². The number of aromatic nitrogens is 2. The third-order valence-corrected chi connectivity index (χ3v) is 7.88. The van der Waals surface area contributed by atoms with Crippen LogP contribution in [0.5, 0.6) is 5.75 Å². The molecule has 0 spiro atoms.